The maximum Gasteiger partial charge on any atom is 0.222 e. The first-order valence-corrected chi connectivity index (χ1v) is 8.91. The van der Waals surface area contributed by atoms with Gasteiger partial charge in [-0.3, -0.25) is 9.59 Å². The van der Waals surface area contributed by atoms with E-state index in [1.165, 1.54) is 6.92 Å². The molecule has 0 aromatic rings. The van der Waals surface area contributed by atoms with E-state index < -0.39 is 9.84 Å². The molecule has 1 rings (SSSR count). The van der Waals surface area contributed by atoms with Gasteiger partial charge in [-0.2, -0.15) is 0 Å². The van der Waals surface area contributed by atoms with Crippen molar-refractivity contribution in [3.63, 3.8) is 0 Å². The molecule has 2 amide bonds. The second-order valence-electron chi connectivity index (χ2n) is 5.28. The molecule has 1 N–H and O–H groups in total. The van der Waals surface area contributed by atoms with E-state index in [0.29, 0.717) is 19.5 Å². The zero-order valence-electron chi connectivity index (χ0n) is 12.2. The molecular weight excluding hydrogens is 280 g/mol. The topological polar surface area (TPSA) is 83.6 Å². The van der Waals surface area contributed by atoms with Crippen molar-refractivity contribution in [2.45, 2.75) is 45.6 Å². The van der Waals surface area contributed by atoms with Crippen molar-refractivity contribution in [3.05, 3.63) is 0 Å². The highest BCUT2D eigenvalue weighted by Gasteiger charge is 2.28. The molecule has 0 bridgehead atoms. The molecule has 0 saturated carbocycles. The maximum atomic E-state index is 11.8. The molecule has 0 aromatic heterocycles. The Labute approximate surface area is 120 Å². The van der Waals surface area contributed by atoms with Crippen LogP contribution in [0.3, 0.4) is 0 Å². The largest absolute Gasteiger partial charge is 0.352 e. The Hall–Kier alpha value is -1.11. The third-order valence-corrected chi connectivity index (χ3v) is 5.20. The average molecular weight is 304 g/mol. The van der Waals surface area contributed by atoms with Crippen LogP contribution in [0.25, 0.3) is 0 Å². The number of hydrogen-bond acceptors (Lipinski definition) is 4. The minimum absolute atomic E-state index is 0.0327. The first kappa shape index (κ1) is 16.9. The van der Waals surface area contributed by atoms with Crippen molar-refractivity contribution in [2.24, 2.45) is 0 Å². The summed E-state index contributed by atoms with van der Waals surface area (Å²) in [4.78, 5) is 24.8. The van der Waals surface area contributed by atoms with Gasteiger partial charge in [-0.1, -0.05) is 13.3 Å². The Kier molecular flexibility index (Phi) is 6.45. The summed E-state index contributed by atoms with van der Waals surface area (Å²) in [6, 6.07) is -0.270. The average Bonchev–Trinajstić information content (AvgIpc) is 2.68. The lowest BCUT2D eigenvalue weighted by molar-refractivity contribution is -0.129. The molecule has 6 nitrogen and oxygen atoms in total. The predicted molar refractivity (Wildman–Crippen MR) is 77.0 cm³/mol. The summed E-state index contributed by atoms with van der Waals surface area (Å²) in [7, 11) is -2.98. The van der Waals surface area contributed by atoms with Crippen molar-refractivity contribution in [3.8, 4) is 0 Å². The second kappa shape index (κ2) is 7.61. The predicted octanol–water partition coefficient (Wildman–Crippen LogP) is 0.328. The molecule has 0 aromatic carbocycles. The van der Waals surface area contributed by atoms with E-state index in [2.05, 4.69) is 5.32 Å². The van der Waals surface area contributed by atoms with Crippen LogP contribution in [0, 0.1) is 0 Å². The fourth-order valence-corrected chi connectivity index (χ4v) is 3.89. The Morgan fingerprint density at radius 1 is 1.30 bits per heavy atom. The standard InChI is InChI=1S/C13H24N2O4S/c1-3-4-7-15(11(2)16)8-5-13(17)14-12-6-9-20(18,19)10-12/h12H,3-10H2,1-2H3,(H,14,17). The van der Waals surface area contributed by atoms with Crippen LogP contribution >= 0.6 is 0 Å². The zero-order chi connectivity index (χ0) is 15.2. The maximum absolute atomic E-state index is 11.8. The van der Waals surface area contributed by atoms with Crippen molar-refractivity contribution in [1.29, 1.82) is 0 Å². The molecule has 1 unspecified atom stereocenters. The van der Waals surface area contributed by atoms with Crippen LogP contribution in [0.1, 0.15) is 39.5 Å². The summed E-state index contributed by atoms with van der Waals surface area (Å²) < 4.78 is 22.6. The second-order valence-corrected chi connectivity index (χ2v) is 7.51. The number of sulfone groups is 1. The molecule has 0 spiro atoms. The van der Waals surface area contributed by atoms with Crippen LogP contribution in [0.2, 0.25) is 0 Å². The van der Waals surface area contributed by atoms with Gasteiger partial charge >= 0.3 is 0 Å². The fourth-order valence-electron chi connectivity index (χ4n) is 2.22. The first-order chi connectivity index (χ1) is 9.34. The molecule has 1 atom stereocenters. The Balaban J connectivity index is 2.33. The molecule has 7 heteroatoms. The van der Waals surface area contributed by atoms with Gasteiger partial charge in [-0.05, 0) is 12.8 Å². The summed E-state index contributed by atoms with van der Waals surface area (Å²) in [5.74, 6) is -0.0384. The lowest BCUT2D eigenvalue weighted by Gasteiger charge is -2.21. The quantitative estimate of drug-likeness (QED) is 0.734. The SMILES string of the molecule is CCCCN(CCC(=O)NC1CCS(=O)(=O)C1)C(C)=O. The minimum Gasteiger partial charge on any atom is -0.352 e. The molecule has 116 valence electrons. The molecule has 1 aliphatic rings. The smallest absolute Gasteiger partial charge is 0.222 e. The van der Waals surface area contributed by atoms with Gasteiger partial charge in [-0.15, -0.1) is 0 Å². The van der Waals surface area contributed by atoms with E-state index in [1.54, 1.807) is 4.90 Å². The summed E-state index contributed by atoms with van der Waals surface area (Å²) in [6.45, 7) is 4.60. The Bertz CT molecular complexity index is 447. The van der Waals surface area contributed by atoms with Gasteiger partial charge in [0, 0.05) is 32.5 Å². The van der Waals surface area contributed by atoms with Crippen molar-refractivity contribution in [2.75, 3.05) is 24.6 Å². The molecule has 1 saturated heterocycles. The van der Waals surface area contributed by atoms with E-state index >= 15 is 0 Å². The molecule has 20 heavy (non-hydrogen) atoms. The van der Waals surface area contributed by atoms with Crippen molar-refractivity contribution >= 4 is 21.7 Å². The van der Waals surface area contributed by atoms with Crippen LogP contribution in [0.15, 0.2) is 0 Å². The van der Waals surface area contributed by atoms with Gasteiger partial charge in [0.1, 0.15) is 0 Å². The van der Waals surface area contributed by atoms with Gasteiger partial charge < -0.3 is 10.2 Å². The number of carbonyl (C=O) groups is 2. The van der Waals surface area contributed by atoms with Crippen LogP contribution in [-0.4, -0.2) is 55.8 Å². The number of hydrogen-bond donors (Lipinski definition) is 1. The highest BCUT2D eigenvalue weighted by atomic mass is 32.2. The fraction of sp³-hybridized carbons (Fsp3) is 0.846. The summed E-state index contributed by atoms with van der Waals surface area (Å²) in [6.07, 6.45) is 2.62. The molecule has 1 aliphatic heterocycles. The van der Waals surface area contributed by atoms with E-state index in [4.69, 9.17) is 0 Å². The normalized spacial score (nSPS) is 20.6. The third-order valence-electron chi connectivity index (χ3n) is 3.43. The summed E-state index contributed by atoms with van der Waals surface area (Å²) in [5, 5.41) is 2.73. The Morgan fingerprint density at radius 3 is 2.50 bits per heavy atom. The third kappa shape index (κ3) is 5.90. The van der Waals surface area contributed by atoms with E-state index in [1.807, 2.05) is 6.92 Å². The number of carbonyl (C=O) groups excluding carboxylic acids is 2. The van der Waals surface area contributed by atoms with E-state index in [9.17, 15) is 18.0 Å². The molecule has 0 radical (unpaired) electrons. The first-order valence-electron chi connectivity index (χ1n) is 7.09. The van der Waals surface area contributed by atoms with Crippen LogP contribution < -0.4 is 5.32 Å². The number of amides is 2. The van der Waals surface area contributed by atoms with Crippen LogP contribution in [0.4, 0.5) is 0 Å². The van der Waals surface area contributed by atoms with E-state index in [-0.39, 0.29) is 35.8 Å². The van der Waals surface area contributed by atoms with Crippen LogP contribution in [-0.2, 0) is 19.4 Å². The van der Waals surface area contributed by atoms with E-state index in [0.717, 1.165) is 12.8 Å². The minimum atomic E-state index is -2.98. The lowest BCUT2D eigenvalue weighted by atomic mass is 10.2. The van der Waals surface area contributed by atoms with Crippen molar-refractivity contribution < 1.29 is 18.0 Å². The number of unbranched alkanes of at least 4 members (excludes halogenated alkanes) is 1. The highest BCUT2D eigenvalue weighted by Crippen LogP contribution is 2.11. The zero-order valence-corrected chi connectivity index (χ0v) is 13.0. The highest BCUT2D eigenvalue weighted by molar-refractivity contribution is 7.91. The number of nitrogens with zero attached hydrogens (tertiary/aromatic N) is 1. The molecular formula is C13H24N2O4S. The lowest BCUT2D eigenvalue weighted by Crippen LogP contribution is -2.39. The van der Waals surface area contributed by atoms with Gasteiger partial charge in [0.15, 0.2) is 9.84 Å². The van der Waals surface area contributed by atoms with Gasteiger partial charge in [-0.25, -0.2) is 8.42 Å². The number of nitrogens with one attached hydrogen (secondary N) is 1. The van der Waals surface area contributed by atoms with Crippen molar-refractivity contribution in [1.82, 2.24) is 10.2 Å². The van der Waals surface area contributed by atoms with Gasteiger partial charge in [0.25, 0.3) is 0 Å². The molecule has 1 fully saturated rings. The van der Waals surface area contributed by atoms with Gasteiger partial charge in [0.2, 0.25) is 11.8 Å². The van der Waals surface area contributed by atoms with Crippen LogP contribution in [0.5, 0.6) is 0 Å². The van der Waals surface area contributed by atoms with Gasteiger partial charge in [0.05, 0.1) is 11.5 Å². The number of rotatable bonds is 7. The monoisotopic (exact) mass is 304 g/mol. The molecule has 1 heterocycles. The summed E-state index contributed by atoms with van der Waals surface area (Å²) >= 11 is 0. The Morgan fingerprint density at radius 2 is 2.00 bits per heavy atom. The molecule has 0 aliphatic carbocycles. The summed E-state index contributed by atoms with van der Waals surface area (Å²) in [5.41, 5.74) is 0.